The molecule has 0 aliphatic heterocycles. The Balaban J connectivity index is 2.34. The Morgan fingerprint density at radius 1 is 1.10 bits per heavy atom. The Bertz CT molecular complexity index is 507. The Hall–Kier alpha value is -1.36. The van der Waals surface area contributed by atoms with Gasteiger partial charge < -0.3 is 0 Å². The SMILES string of the molecule is CCCCCCC/C=N/NS(=O)(=O)c1ccc(C)cc1. The van der Waals surface area contributed by atoms with E-state index in [9.17, 15) is 8.42 Å². The van der Waals surface area contributed by atoms with Gasteiger partial charge in [0.15, 0.2) is 0 Å². The van der Waals surface area contributed by atoms with Gasteiger partial charge in [0, 0.05) is 6.21 Å². The van der Waals surface area contributed by atoms with Crippen LogP contribution in [-0.4, -0.2) is 14.6 Å². The zero-order valence-electron chi connectivity index (χ0n) is 12.3. The molecule has 0 unspecified atom stereocenters. The van der Waals surface area contributed by atoms with Crippen molar-refractivity contribution in [2.75, 3.05) is 0 Å². The topological polar surface area (TPSA) is 58.5 Å². The van der Waals surface area contributed by atoms with E-state index in [1.54, 1.807) is 30.5 Å². The van der Waals surface area contributed by atoms with Crippen molar-refractivity contribution >= 4 is 16.2 Å². The summed E-state index contributed by atoms with van der Waals surface area (Å²) in [6.07, 6.45) is 8.39. The highest BCUT2D eigenvalue weighted by Gasteiger charge is 2.11. The second-order valence-corrected chi connectivity index (χ2v) is 6.58. The first-order valence-electron chi connectivity index (χ1n) is 7.16. The minimum atomic E-state index is -3.53. The Morgan fingerprint density at radius 3 is 2.40 bits per heavy atom. The summed E-state index contributed by atoms with van der Waals surface area (Å²) in [5.41, 5.74) is 1.03. The van der Waals surface area contributed by atoms with Gasteiger partial charge in [0.1, 0.15) is 0 Å². The lowest BCUT2D eigenvalue weighted by Gasteiger charge is -2.03. The molecule has 0 bridgehead atoms. The molecule has 0 fully saturated rings. The molecule has 0 aliphatic carbocycles. The van der Waals surface area contributed by atoms with Crippen molar-refractivity contribution in [3.63, 3.8) is 0 Å². The second-order valence-electron chi connectivity index (χ2n) is 4.92. The van der Waals surface area contributed by atoms with E-state index in [0.717, 1.165) is 18.4 Å². The fraction of sp³-hybridized carbons (Fsp3) is 0.533. The van der Waals surface area contributed by atoms with Crippen molar-refractivity contribution in [3.8, 4) is 0 Å². The maximum Gasteiger partial charge on any atom is 0.276 e. The number of sulfonamides is 1. The Kier molecular flexibility index (Phi) is 7.30. The molecule has 0 radical (unpaired) electrons. The maximum absolute atomic E-state index is 11.9. The van der Waals surface area contributed by atoms with E-state index in [-0.39, 0.29) is 4.90 Å². The third-order valence-corrected chi connectivity index (χ3v) is 4.27. The average molecular weight is 296 g/mol. The van der Waals surface area contributed by atoms with Gasteiger partial charge in [0.25, 0.3) is 10.0 Å². The number of hydrogen-bond acceptors (Lipinski definition) is 3. The second kappa shape index (κ2) is 8.74. The van der Waals surface area contributed by atoms with E-state index in [1.807, 2.05) is 6.92 Å². The number of hydrazone groups is 1. The molecule has 1 N–H and O–H groups in total. The molecule has 1 aromatic carbocycles. The van der Waals surface area contributed by atoms with Gasteiger partial charge in [-0.05, 0) is 31.9 Å². The summed E-state index contributed by atoms with van der Waals surface area (Å²) < 4.78 is 23.8. The first kappa shape index (κ1) is 16.7. The minimum absolute atomic E-state index is 0.239. The summed E-state index contributed by atoms with van der Waals surface area (Å²) in [6.45, 7) is 4.10. The first-order valence-corrected chi connectivity index (χ1v) is 8.64. The Morgan fingerprint density at radius 2 is 1.75 bits per heavy atom. The van der Waals surface area contributed by atoms with Crippen LogP contribution < -0.4 is 4.83 Å². The van der Waals surface area contributed by atoms with Crippen molar-refractivity contribution in [2.24, 2.45) is 5.10 Å². The monoisotopic (exact) mass is 296 g/mol. The fourth-order valence-corrected chi connectivity index (χ4v) is 2.59. The third-order valence-electron chi connectivity index (χ3n) is 3.03. The number of hydrogen-bond donors (Lipinski definition) is 1. The summed E-state index contributed by atoms with van der Waals surface area (Å²) in [6, 6.07) is 6.70. The van der Waals surface area contributed by atoms with E-state index in [4.69, 9.17) is 0 Å². The number of rotatable bonds is 9. The highest BCUT2D eigenvalue weighted by atomic mass is 32.2. The predicted molar refractivity (Wildman–Crippen MR) is 83.4 cm³/mol. The molecule has 1 aromatic rings. The fourth-order valence-electron chi connectivity index (χ4n) is 1.78. The van der Waals surface area contributed by atoms with Crippen LogP contribution in [0.5, 0.6) is 0 Å². The Labute approximate surface area is 122 Å². The van der Waals surface area contributed by atoms with Crippen molar-refractivity contribution in [1.29, 1.82) is 0 Å². The number of aryl methyl sites for hydroxylation is 1. The average Bonchev–Trinajstić information content (AvgIpc) is 2.42. The summed E-state index contributed by atoms with van der Waals surface area (Å²) in [5.74, 6) is 0. The molecule has 0 aromatic heterocycles. The van der Waals surface area contributed by atoms with Crippen LogP contribution in [-0.2, 0) is 10.0 Å². The van der Waals surface area contributed by atoms with Gasteiger partial charge in [-0.3, -0.25) is 0 Å². The molecule has 0 amide bonds. The molecule has 112 valence electrons. The van der Waals surface area contributed by atoms with Gasteiger partial charge >= 0.3 is 0 Å². The molecular formula is C15H24N2O2S. The molecule has 0 atom stereocenters. The van der Waals surface area contributed by atoms with E-state index in [0.29, 0.717) is 0 Å². The van der Waals surface area contributed by atoms with E-state index < -0.39 is 10.0 Å². The lowest BCUT2D eigenvalue weighted by Crippen LogP contribution is -2.18. The van der Waals surface area contributed by atoms with E-state index in [1.165, 1.54) is 25.7 Å². The molecule has 20 heavy (non-hydrogen) atoms. The molecule has 0 heterocycles. The van der Waals surface area contributed by atoms with Gasteiger partial charge in [-0.1, -0.05) is 50.3 Å². The van der Waals surface area contributed by atoms with Gasteiger partial charge in [0.05, 0.1) is 4.90 Å². The number of nitrogens with zero attached hydrogens (tertiary/aromatic N) is 1. The standard InChI is InChI=1S/C15H24N2O2S/c1-3-4-5-6-7-8-13-16-17-20(18,19)15-11-9-14(2)10-12-15/h9-13,17H,3-8H2,1-2H3/b16-13+. The largest absolute Gasteiger partial charge is 0.276 e. The molecule has 5 heteroatoms. The van der Waals surface area contributed by atoms with Crippen molar-refractivity contribution in [1.82, 2.24) is 4.83 Å². The predicted octanol–water partition coefficient (Wildman–Crippen LogP) is 3.62. The molecule has 0 aliphatic rings. The van der Waals surface area contributed by atoms with Crippen LogP contribution >= 0.6 is 0 Å². The summed E-state index contributed by atoms with van der Waals surface area (Å²) in [5, 5.41) is 3.80. The van der Waals surface area contributed by atoms with Crippen LogP contribution in [0.2, 0.25) is 0 Å². The van der Waals surface area contributed by atoms with Gasteiger partial charge in [-0.15, -0.1) is 0 Å². The van der Waals surface area contributed by atoms with Gasteiger partial charge in [-0.25, -0.2) is 4.83 Å². The van der Waals surface area contributed by atoms with Crippen LogP contribution in [0, 0.1) is 6.92 Å². The highest BCUT2D eigenvalue weighted by molar-refractivity contribution is 7.89. The van der Waals surface area contributed by atoms with Crippen molar-refractivity contribution < 1.29 is 8.42 Å². The van der Waals surface area contributed by atoms with Crippen molar-refractivity contribution in [2.45, 2.75) is 57.3 Å². The van der Waals surface area contributed by atoms with Crippen LogP contribution in [0.25, 0.3) is 0 Å². The van der Waals surface area contributed by atoms with E-state index >= 15 is 0 Å². The van der Waals surface area contributed by atoms with Gasteiger partial charge in [0.2, 0.25) is 0 Å². The third kappa shape index (κ3) is 6.19. The maximum atomic E-state index is 11.9. The summed E-state index contributed by atoms with van der Waals surface area (Å²) in [7, 11) is -3.53. The number of nitrogens with one attached hydrogen (secondary N) is 1. The lowest BCUT2D eigenvalue weighted by molar-refractivity contribution is 0.584. The zero-order valence-corrected chi connectivity index (χ0v) is 13.1. The molecular weight excluding hydrogens is 272 g/mol. The molecule has 0 saturated carbocycles. The number of benzene rings is 1. The quantitative estimate of drug-likeness (QED) is 0.430. The van der Waals surface area contributed by atoms with Crippen LogP contribution in [0.4, 0.5) is 0 Å². The first-order chi connectivity index (χ1) is 9.56. The normalized spacial score (nSPS) is 11.9. The minimum Gasteiger partial charge on any atom is -0.200 e. The van der Waals surface area contributed by atoms with Crippen LogP contribution in [0.1, 0.15) is 51.0 Å². The smallest absolute Gasteiger partial charge is 0.200 e. The highest BCUT2D eigenvalue weighted by Crippen LogP contribution is 2.09. The van der Waals surface area contributed by atoms with Crippen LogP contribution in [0.3, 0.4) is 0 Å². The lowest BCUT2D eigenvalue weighted by atomic mass is 10.1. The molecule has 0 saturated heterocycles. The molecule has 0 spiro atoms. The van der Waals surface area contributed by atoms with E-state index in [2.05, 4.69) is 16.9 Å². The molecule has 4 nitrogen and oxygen atoms in total. The van der Waals surface area contributed by atoms with Gasteiger partial charge in [-0.2, -0.15) is 13.5 Å². The van der Waals surface area contributed by atoms with Crippen molar-refractivity contribution in [3.05, 3.63) is 29.8 Å². The summed E-state index contributed by atoms with van der Waals surface area (Å²) >= 11 is 0. The van der Waals surface area contributed by atoms with Crippen LogP contribution in [0.15, 0.2) is 34.3 Å². The number of unbranched alkanes of at least 4 members (excludes halogenated alkanes) is 5. The zero-order chi connectivity index (χ0) is 14.8. The molecule has 1 rings (SSSR count). The summed E-state index contributed by atoms with van der Waals surface area (Å²) in [4.78, 5) is 2.48.